The average molecular weight is 373 g/mol. The molecule has 3 rings (SSSR count). The number of nitrogens with one attached hydrogen (secondary N) is 2. The Bertz CT molecular complexity index is 853. The van der Waals surface area contributed by atoms with Crippen LogP contribution in [-0.4, -0.2) is 18.1 Å². The topological polar surface area (TPSA) is 54.1 Å². The van der Waals surface area contributed by atoms with Crippen LogP contribution in [0, 0.1) is 6.92 Å². The Labute approximate surface area is 143 Å². The lowest BCUT2D eigenvalue weighted by Gasteiger charge is -2.07. The molecule has 0 spiro atoms. The van der Waals surface area contributed by atoms with Crippen molar-refractivity contribution in [3.8, 4) is 0 Å². The smallest absolute Gasteiger partial charge is 0.342 e. The highest BCUT2D eigenvalue weighted by molar-refractivity contribution is 9.10. The van der Waals surface area contributed by atoms with E-state index >= 15 is 0 Å². The van der Waals surface area contributed by atoms with Crippen molar-refractivity contribution in [1.29, 1.82) is 0 Å². The van der Waals surface area contributed by atoms with E-state index in [1.54, 1.807) is 0 Å². The van der Waals surface area contributed by atoms with Crippen LogP contribution in [0.2, 0.25) is 0 Å². The fourth-order valence-corrected chi connectivity index (χ4v) is 2.87. The standard InChI is InChI=1S/C18H17BrN2O2/c1-11-3-5-12(6-4-11)10-20-17-16(18(22)23-2)14-8-7-13(19)9-15(14)21-17/h3-9,20-21H,10H2,1-2H3. The third kappa shape index (κ3) is 3.24. The summed E-state index contributed by atoms with van der Waals surface area (Å²) in [5.74, 6) is 0.315. The molecular formula is C18H17BrN2O2. The first-order valence-corrected chi connectivity index (χ1v) is 8.06. The summed E-state index contributed by atoms with van der Waals surface area (Å²) in [4.78, 5) is 15.4. The van der Waals surface area contributed by atoms with Crippen molar-refractivity contribution in [1.82, 2.24) is 4.98 Å². The fraction of sp³-hybridized carbons (Fsp3) is 0.167. The van der Waals surface area contributed by atoms with Gasteiger partial charge in [0.2, 0.25) is 0 Å². The molecule has 118 valence electrons. The minimum atomic E-state index is -0.357. The molecule has 1 aromatic heterocycles. The summed E-state index contributed by atoms with van der Waals surface area (Å²) in [7, 11) is 1.39. The van der Waals surface area contributed by atoms with E-state index in [0.717, 1.165) is 20.9 Å². The predicted molar refractivity (Wildman–Crippen MR) is 95.8 cm³/mol. The molecule has 0 aliphatic rings. The number of esters is 1. The summed E-state index contributed by atoms with van der Waals surface area (Å²) < 4.78 is 5.88. The van der Waals surface area contributed by atoms with Crippen LogP contribution in [0.1, 0.15) is 21.5 Å². The van der Waals surface area contributed by atoms with Gasteiger partial charge in [-0.25, -0.2) is 4.79 Å². The van der Waals surface area contributed by atoms with Crippen LogP contribution in [0.25, 0.3) is 10.9 Å². The van der Waals surface area contributed by atoms with Gasteiger partial charge < -0.3 is 15.0 Å². The first-order chi connectivity index (χ1) is 11.1. The van der Waals surface area contributed by atoms with Crippen molar-refractivity contribution in [3.63, 3.8) is 0 Å². The third-order valence-electron chi connectivity index (χ3n) is 3.74. The summed E-state index contributed by atoms with van der Waals surface area (Å²) in [5, 5.41) is 4.14. The maximum absolute atomic E-state index is 12.2. The molecule has 23 heavy (non-hydrogen) atoms. The predicted octanol–water partition coefficient (Wildman–Crippen LogP) is 4.64. The van der Waals surface area contributed by atoms with Crippen molar-refractivity contribution in [3.05, 3.63) is 63.6 Å². The molecule has 0 saturated heterocycles. The van der Waals surface area contributed by atoms with Gasteiger partial charge in [0, 0.05) is 21.9 Å². The molecule has 0 fully saturated rings. The quantitative estimate of drug-likeness (QED) is 0.656. The van der Waals surface area contributed by atoms with Gasteiger partial charge in [0.05, 0.1) is 7.11 Å². The maximum Gasteiger partial charge on any atom is 0.342 e. The molecule has 0 bridgehead atoms. The van der Waals surface area contributed by atoms with Gasteiger partial charge in [-0.1, -0.05) is 51.8 Å². The maximum atomic E-state index is 12.2. The number of anilines is 1. The minimum absolute atomic E-state index is 0.357. The second kappa shape index (κ2) is 6.46. The van der Waals surface area contributed by atoms with Crippen LogP contribution in [0.5, 0.6) is 0 Å². The van der Waals surface area contributed by atoms with Crippen molar-refractivity contribution in [2.75, 3.05) is 12.4 Å². The molecule has 2 N–H and O–H groups in total. The Morgan fingerprint density at radius 3 is 2.65 bits per heavy atom. The molecule has 5 heteroatoms. The second-order valence-electron chi connectivity index (χ2n) is 5.40. The molecule has 0 radical (unpaired) electrons. The summed E-state index contributed by atoms with van der Waals surface area (Å²) in [6.45, 7) is 2.68. The third-order valence-corrected chi connectivity index (χ3v) is 4.23. The number of hydrogen-bond acceptors (Lipinski definition) is 3. The lowest BCUT2D eigenvalue weighted by Crippen LogP contribution is -2.07. The van der Waals surface area contributed by atoms with Gasteiger partial charge in [0.25, 0.3) is 0 Å². The monoisotopic (exact) mass is 372 g/mol. The number of carbonyl (C=O) groups excluding carboxylic acids is 1. The van der Waals surface area contributed by atoms with Gasteiger partial charge in [-0.2, -0.15) is 0 Å². The molecule has 0 saturated carbocycles. The molecular weight excluding hydrogens is 356 g/mol. The van der Waals surface area contributed by atoms with E-state index in [9.17, 15) is 4.79 Å². The first kappa shape index (κ1) is 15.6. The van der Waals surface area contributed by atoms with E-state index in [1.807, 2.05) is 18.2 Å². The van der Waals surface area contributed by atoms with Crippen LogP contribution in [-0.2, 0) is 11.3 Å². The van der Waals surface area contributed by atoms with E-state index < -0.39 is 0 Å². The Morgan fingerprint density at radius 2 is 1.96 bits per heavy atom. The Kier molecular flexibility index (Phi) is 4.39. The second-order valence-corrected chi connectivity index (χ2v) is 6.31. The summed E-state index contributed by atoms with van der Waals surface area (Å²) >= 11 is 3.45. The largest absolute Gasteiger partial charge is 0.465 e. The number of methoxy groups -OCH3 is 1. The number of H-pyrrole nitrogens is 1. The van der Waals surface area contributed by atoms with Gasteiger partial charge in [-0.3, -0.25) is 0 Å². The van der Waals surface area contributed by atoms with Crippen LogP contribution < -0.4 is 5.32 Å². The summed E-state index contributed by atoms with van der Waals surface area (Å²) in [6.07, 6.45) is 0. The number of hydrogen-bond donors (Lipinski definition) is 2. The Morgan fingerprint density at radius 1 is 1.22 bits per heavy atom. The lowest BCUT2D eigenvalue weighted by atomic mass is 10.1. The summed E-state index contributed by atoms with van der Waals surface area (Å²) in [6, 6.07) is 14.0. The van der Waals surface area contributed by atoms with Crippen molar-refractivity contribution in [2.45, 2.75) is 13.5 Å². The van der Waals surface area contributed by atoms with Crippen molar-refractivity contribution < 1.29 is 9.53 Å². The molecule has 4 nitrogen and oxygen atoms in total. The first-order valence-electron chi connectivity index (χ1n) is 7.27. The fourth-order valence-electron chi connectivity index (χ4n) is 2.51. The van der Waals surface area contributed by atoms with Gasteiger partial charge in [0.15, 0.2) is 0 Å². The zero-order valence-corrected chi connectivity index (χ0v) is 14.5. The van der Waals surface area contributed by atoms with Crippen LogP contribution in [0.15, 0.2) is 46.9 Å². The van der Waals surface area contributed by atoms with Crippen LogP contribution >= 0.6 is 15.9 Å². The van der Waals surface area contributed by atoms with E-state index in [1.165, 1.54) is 12.7 Å². The number of halogens is 1. The molecule has 0 aliphatic carbocycles. The number of benzene rings is 2. The normalized spacial score (nSPS) is 10.7. The number of fused-ring (bicyclic) bond motifs is 1. The van der Waals surface area contributed by atoms with Crippen LogP contribution in [0.4, 0.5) is 5.82 Å². The van der Waals surface area contributed by atoms with Crippen molar-refractivity contribution >= 4 is 38.6 Å². The minimum Gasteiger partial charge on any atom is -0.465 e. The van der Waals surface area contributed by atoms with Crippen molar-refractivity contribution in [2.24, 2.45) is 0 Å². The number of ether oxygens (including phenoxy) is 1. The number of aromatic amines is 1. The van der Waals surface area contributed by atoms with E-state index in [2.05, 4.69) is 57.4 Å². The SMILES string of the molecule is COC(=O)c1c(NCc2ccc(C)cc2)[nH]c2cc(Br)ccc12. The zero-order valence-electron chi connectivity index (χ0n) is 12.9. The Hall–Kier alpha value is -2.27. The van der Waals surface area contributed by atoms with E-state index in [-0.39, 0.29) is 5.97 Å². The average Bonchev–Trinajstić information content (AvgIpc) is 2.91. The van der Waals surface area contributed by atoms with Crippen LogP contribution in [0.3, 0.4) is 0 Å². The number of aromatic nitrogens is 1. The highest BCUT2D eigenvalue weighted by atomic mass is 79.9. The molecule has 3 aromatic rings. The molecule has 0 atom stereocenters. The number of aryl methyl sites for hydroxylation is 1. The van der Waals surface area contributed by atoms with E-state index in [4.69, 9.17) is 4.74 Å². The van der Waals surface area contributed by atoms with E-state index in [0.29, 0.717) is 17.9 Å². The highest BCUT2D eigenvalue weighted by Crippen LogP contribution is 2.29. The summed E-state index contributed by atoms with van der Waals surface area (Å²) in [5.41, 5.74) is 3.78. The highest BCUT2D eigenvalue weighted by Gasteiger charge is 2.19. The zero-order chi connectivity index (χ0) is 16.4. The number of carbonyl (C=O) groups is 1. The molecule has 0 aliphatic heterocycles. The Balaban J connectivity index is 1.95. The van der Waals surface area contributed by atoms with Gasteiger partial charge in [0.1, 0.15) is 11.4 Å². The molecule has 2 aromatic carbocycles. The lowest BCUT2D eigenvalue weighted by molar-refractivity contribution is 0.0604. The molecule has 0 amide bonds. The number of rotatable bonds is 4. The molecule has 0 unspecified atom stereocenters. The van der Waals surface area contributed by atoms with Gasteiger partial charge in [-0.05, 0) is 24.6 Å². The molecule has 1 heterocycles. The van der Waals surface area contributed by atoms with Gasteiger partial charge in [-0.15, -0.1) is 0 Å². The van der Waals surface area contributed by atoms with Gasteiger partial charge >= 0.3 is 5.97 Å².